The highest BCUT2D eigenvalue weighted by molar-refractivity contribution is 6.05. The number of aromatic amines is 1. The lowest BCUT2D eigenvalue weighted by Crippen LogP contribution is -2.39. The number of benzene rings is 1. The average molecular weight is 274 g/mol. The van der Waals surface area contributed by atoms with Gasteiger partial charge in [-0.05, 0) is 37.0 Å². The number of aliphatic hydroxyl groups excluding tert-OH is 1. The van der Waals surface area contributed by atoms with Crippen molar-refractivity contribution >= 4 is 22.5 Å². The van der Waals surface area contributed by atoms with Gasteiger partial charge < -0.3 is 15.7 Å². The Hall–Kier alpha value is -2.08. The number of anilines is 1. The lowest BCUT2D eigenvalue weighted by molar-refractivity contribution is 0.0264. The van der Waals surface area contributed by atoms with Gasteiger partial charge in [-0.15, -0.1) is 0 Å². The number of carbonyl (C=O) groups is 1. The first-order valence-corrected chi connectivity index (χ1v) is 6.71. The molecule has 1 amide bonds. The number of nitrogens with zero attached hydrogens (tertiary/aromatic N) is 2. The molecule has 1 heterocycles. The molecule has 0 saturated heterocycles. The number of fused-ring (bicyclic) bond motifs is 1. The van der Waals surface area contributed by atoms with Crippen molar-refractivity contribution in [3.05, 3.63) is 23.9 Å². The molecule has 2 aromatic rings. The maximum absolute atomic E-state index is 12.4. The van der Waals surface area contributed by atoms with E-state index >= 15 is 0 Å². The highest BCUT2D eigenvalue weighted by Gasteiger charge is 2.30. The molecule has 1 aromatic carbocycles. The summed E-state index contributed by atoms with van der Waals surface area (Å²) in [7, 11) is 1.76. The zero-order valence-electron chi connectivity index (χ0n) is 11.3. The molecule has 1 aliphatic carbocycles. The zero-order valence-corrected chi connectivity index (χ0v) is 11.3. The number of H-pyrrole nitrogens is 1. The Morgan fingerprint density at radius 1 is 1.55 bits per heavy atom. The second kappa shape index (κ2) is 4.79. The van der Waals surface area contributed by atoms with Crippen LogP contribution in [0.1, 0.15) is 23.3 Å². The molecule has 106 valence electrons. The van der Waals surface area contributed by atoms with E-state index in [0.717, 1.165) is 23.7 Å². The molecule has 1 aliphatic rings. The summed E-state index contributed by atoms with van der Waals surface area (Å²) in [4.78, 5) is 14.1. The maximum Gasteiger partial charge on any atom is 0.274 e. The van der Waals surface area contributed by atoms with Crippen molar-refractivity contribution in [3.63, 3.8) is 0 Å². The standard InChI is InChI=1S/C14H18N4O2/c1-18(7-8-4-10(19)5-8)14(20)13-11-6-9(15)2-3-12(11)16-17-13/h2-3,6,8,10,19H,4-5,7,15H2,1H3,(H,16,17). The summed E-state index contributed by atoms with van der Waals surface area (Å²) >= 11 is 0. The predicted octanol–water partition coefficient (Wildman–Crippen LogP) is 0.988. The molecule has 1 saturated carbocycles. The van der Waals surface area contributed by atoms with E-state index in [1.54, 1.807) is 24.1 Å². The second-order valence-electron chi connectivity index (χ2n) is 5.55. The fourth-order valence-corrected chi connectivity index (χ4v) is 2.70. The van der Waals surface area contributed by atoms with Crippen LogP contribution in [-0.2, 0) is 0 Å². The first-order valence-electron chi connectivity index (χ1n) is 6.71. The van der Waals surface area contributed by atoms with Crippen molar-refractivity contribution < 1.29 is 9.90 Å². The molecule has 20 heavy (non-hydrogen) atoms. The molecule has 6 heteroatoms. The monoisotopic (exact) mass is 274 g/mol. The molecule has 0 spiro atoms. The topological polar surface area (TPSA) is 95.2 Å². The van der Waals surface area contributed by atoms with Crippen LogP contribution in [0.2, 0.25) is 0 Å². The molecule has 0 bridgehead atoms. The lowest BCUT2D eigenvalue weighted by atomic mass is 9.82. The predicted molar refractivity (Wildman–Crippen MR) is 76.2 cm³/mol. The number of nitrogen functional groups attached to an aromatic ring is 1. The van der Waals surface area contributed by atoms with Gasteiger partial charge in [0.1, 0.15) is 0 Å². The molecule has 1 aromatic heterocycles. The number of rotatable bonds is 3. The van der Waals surface area contributed by atoms with E-state index in [1.807, 2.05) is 6.07 Å². The minimum atomic E-state index is -0.200. The van der Waals surface area contributed by atoms with Crippen molar-refractivity contribution in [2.75, 3.05) is 19.3 Å². The van der Waals surface area contributed by atoms with Gasteiger partial charge in [0.25, 0.3) is 5.91 Å². The van der Waals surface area contributed by atoms with Crippen molar-refractivity contribution in [1.29, 1.82) is 0 Å². The number of carbonyl (C=O) groups excluding carboxylic acids is 1. The van der Waals surface area contributed by atoms with E-state index in [9.17, 15) is 9.90 Å². The molecule has 6 nitrogen and oxygen atoms in total. The average Bonchev–Trinajstić information content (AvgIpc) is 2.78. The Balaban J connectivity index is 1.79. The van der Waals surface area contributed by atoms with Crippen molar-refractivity contribution in [3.8, 4) is 0 Å². The molecule has 0 radical (unpaired) electrons. The number of aromatic nitrogens is 2. The molecular weight excluding hydrogens is 256 g/mol. The van der Waals surface area contributed by atoms with Gasteiger partial charge in [0, 0.05) is 24.7 Å². The Kier molecular flexibility index (Phi) is 3.10. The third kappa shape index (κ3) is 2.22. The number of amides is 1. The van der Waals surface area contributed by atoms with Gasteiger partial charge >= 0.3 is 0 Å². The van der Waals surface area contributed by atoms with Gasteiger partial charge in [-0.3, -0.25) is 9.89 Å². The third-order valence-corrected chi connectivity index (χ3v) is 3.88. The van der Waals surface area contributed by atoms with Crippen LogP contribution >= 0.6 is 0 Å². The minimum absolute atomic E-state index is 0.122. The smallest absolute Gasteiger partial charge is 0.274 e. The number of hydrogen-bond donors (Lipinski definition) is 3. The largest absolute Gasteiger partial charge is 0.399 e. The van der Waals surface area contributed by atoms with E-state index in [2.05, 4.69) is 10.2 Å². The SMILES string of the molecule is CN(CC1CC(O)C1)C(=O)c1n[nH]c2ccc(N)cc12. The van der Waals surface area contributed by atoms with Crippen LogP contribution in [0.3, 0.4) is 0 Å². The van der Waals surface area contributed by atoms with E-state index in [0.29, 0.717) is 23.8 Å². The molecule has 0 unspecified atom stereocenters. The maximum atomic E-state index is 12.4. The van der Waals surface area contributed by atoms with Crippen LogP contribution in [0.5, 0.6) is 0 Å². The molecule has 3 rings (SSSR count). The van der Waals surface area contributed by atoms with Gasteiger partial charge in [-0.25, -0.2) is 0 Å². The van der Waals surface area contributed by atoms with Crippen molar-refractivity contribution in [2.45, 2.75) is 18.9 Å². The summed E-state index contributed by atoms with van der Waals surface area (Å²) < 4.78 is 0. The van der Waals surface area contributed by atoms with Crippen LogP contribution in [0.4, 0.5) is 5.69 Å². The van der Waals surface area contributed by atoms with Crippen LogP contribution in [0.25, 0.3) is 10.9 Å². The Morgan fingerprint density at radius 3 is 3.00 bits per heavy atom. The van der Waals surface area contributed by atoms with Gasteiger partial charge in [0.05, 0.1) is 11.6 Å². The number of hydrogen-bond acceptors (Lipinski definition) is 4. The highest BCUT2D eigenvalue weighted by atomic mass is 16.3. The summed E-state index contributed by atoms with van der Waals surface area (Å²) in [6, 6.07) is 5.35. The Bertz CT molecular complexity index is 646. The van der Waals surface area contributed by atoms with Crippen LogP contribution < -0.4 is 5.73 Å². The fraction of sp³-hybridized carbons (Fsp3) is 0.429. The zero-order chi connectivity index (χ0) is 14.3. The van der Waals surface area contributed by atoms with Crippen molar-refractivity contribution in [2.24, 2.45) is 5.92 Å². The summed E-state index contributed by atoms with van der Waals surface area (Å²) in [5.74, 6) is 0.262. The first kappa shape index (κ1) is 12.9. The molecule has 0 atom stereocenters. The van der Waals surface area contributed by atoms with Crippen molar-refractivity contribution in [1.82, 2.24) is 15.1 Å². The summed E-state index contributed by atoms with van der Waals surface area (Å²) in [6.07, 6.45) is 1.34. The quantitative estimate of drug-likeness (QED) is 0.727. The first-order chi connectivity index (χ1) is 9.54. The molecule has 4 N–H and O–H groups in total. The lowest BCUT2D eigenvalue weighted by Gasteiger charge is -2.34. The fourth-order valence-electron chi connectivity index (χ4n) is 2.70. The van der Waals surface area contributed by atoms with E-state index in [4.69, 9.17) is 5.73 Å². The minimum Gasteiger partial charge on any atom is -0.399 e. The van der Waals surface area contributed by atoms with E-state index in [1.165, 1.54) is 0 Å². The van der Waals surface area contributed by atoms with Gasteiger partial charge in [0.15, 0.2) is 5.69 Å². The normalized spacial score (nSPS) is 21.7. The molecule has 1 fully saturated rings. The molecule has 0 aliphatic heterocycles. The van der Waals surface area contributed by atoms with E-state index in [-0.39, 0.29) is 12.0 Å². The van der Waals surface area contributed by atoms with Gasteiger partial charge in [0.2, 0.25) is 0 Å². The Morgan fingerprint density at radius 2 is 2.30 bits per heavy atom. The number of nitrogens with one attached hydrogen (secondary N) is 1. The highest BCUT2D eigenvalue weighted by Crippen LogP contribution is 2.28. The van der Waals surface area contributed by atoms with Crippen LogP contribution in [0.15, 0.2) is 18.2 Å². The summed E-state index contributed by atoms with van der Waals surface area (Å²) in [6.45, 7) is 0.645. The summed E-state index contributed by atoms with van der Waals surface area (Å²) in [5.41, 5.74) is 7.57. The Labute approximate surface area is 116 Å². The summed E-state index contributed by atoms with van der Waals surface area (Å²) in [5, 5.41) is 17.0. The molecular formula is C14H18N4O2. The van der Waals surface area contributed by atoms with Gasteiger partial charge in [-0.2, -0.15) is 5.10 Å². The van der Waals surface area contributed by atoms with E-state index < -0.39 is 0 Å². The van der Waals surface area contributed by atoms with Crippen LogP contribution in [0, 0.1) is 5.92 Å². The second-order valence-corrected chi connectivity index (χ2v) is 5.55. The number of aliphatic hydroxyl groups is 1. The van der Waals surface area contributed by atoms with Crippen LogP contribution in [-0.4, -0.2) is 45.8 Å². The third-order valence-electron chi connectivity index (χ3n) is 3.88. The number of nitrogens with two attached hydrogens (primary N) is 1. The van der Waals surface area contributed by atoms with Gasteiger partial charge in [-0.1, -0.05) is 0 Å².